The third kappa shape index (κ3) is 4.61. The van der Waals surface area contributed by atoms with Gasteiger partial charge in [-0.3, -0.25) is 19.5 Å². The van der Waals surface area contributed by atoms with E-state index >= 15 is 0 Å². The fourth-order valence-corrected chi connectivity index (χ4v) is 3.84. The van der Waals surface area contributed by atoms with Gasteiger partial charge in [0.2, 0.25) is 0 Å². The molecule has 1 aromatic heterocycles. The van der Waals surface area contributed by atoms with Crippen LogP contribution in [-0.2, 0) is 9.59 Å². The first kappa shape index (κ1) is 22.6. The number of aliphatic hydroxyl groups is 1. The number of ketones is 1. The monoisotopic (exact) mass is 462 g/mol. The molecule has 1 amide bonds. The third-order valence-corrected chi connectivity index (χ3v) is 5.51. The summed E-state index contributed by atoms with van der Waals surface area (Å²) in [6, 6.07) is 16.1. The highest BCUT2D eigenvalue weighted by molar-refractivity contribution is 6.51. The Balaban J connectivity index is 1.84. The Morgan fingerprint density at radius 2 is 1.79 bits per heavy atom. The van der Waals surface area contributed by atoms with Crippen LogP contribution in [0.2, 0.25) is 5.02 Å². The van der Waals surface area contributed by atoms with Crippen molar-refractivity contribution in [2.24, 2.45) is 5.92 Å². The molecule has 168 valence electrons. The van der Waals surface area contributed by atoms with E-state index in [0.717, 1.165) is 0 Å². The summed E-state index contributed by atoms with van der Waals surface area (Å²) in [6.07, 6.45) is 3.16. The highest BCUT2D eigenvalue weighted by Crippen LogP contribution is 2.42. The van der Waals surface area contributed by atoms with Crippen LogP contribution >= 0.6 is 11.6 Å². The van der Waals surface area contributed by atoms with Crippen LogP contribution in [0, 0.1) is 5.92 Å². The number of anilines is 1. The maximum atomic E-state index is 13.2. The van der Waals surface area contributed by atoms with Crippen LogP contribution in [0.15, 0.2) is 78.6 Å². The molecule has 1 fully saturated rings. The summed E-state index contributed by atoms with van der Waals surface area (Å²) >= 11 is 6.02. The lowest BCUT2D eigenvalue weighted by atomic mass is 9.95. The minimum atomic E-state index is -0.825. The normalized spacial score (nSPS) is 17.6. The molecular formula is C26H23ClN2O4. The van der Waals surface area contributed by atoms with Crippen LogP contribution in [0.4, 0.5) is 5.69 Å². The Morgan fingerprint density at radius 1 is 1.09 bits per heavy atom. The molecule has 33 heavy (non-hydrogen) atoms. The Kier molecular flexibility index (Phi) is 6.47. The smallest absolute Gasteiger partial charge is 0.300 e. The fraction of sp³-hybridized carbons (Fsp3) is 0.192. The first-order valence-electron chi connectivity index (χ1n) is 10.6. The van der Waals surface area contributed by atoms with E-state index in [2.05, 4.69) is 4.98 Å². The van der Waals surface area contributed by atoms with Crippen molar-refractivity contribution in [2.45, 2.75) is 19.9 Å². The highest BCUT2D eigenvalue weighted by atomic mass is 35.5. The maximum absolute atomic E-state index is 13.2. The van der Waals surface area contributed by atoms with Gasteiger partial charge in [0.05, 0.1) is 18.2 Å². The Bertz CT molecular complexity index is 1210. The van der Waals surface area contributed by atoms with Crippen LogP contribution in [0.3, 0.4) is 0 Å². The lowest BCUT2D eigenvalue weighted by Crippen LogP contribution is -2.29. The molecule has 1 atom stereocenters. The molecular weight excluding hydrogens is 440 g/mol. The van der Waals surface area contributed by atoms with Crippen molar-refractivity contribution in [1.29, 1.82) is 0 Å². The first-order valence-corrected chi connectivity index (χ1v) is 10.9. The quantitative estimate of drug-likeness (QED) is 0.301. The van der Waals surface area contributed by atoms with Crippen molar-refractivity contribution in [2.75, 3.05) is 11.5 Å². The maximum Gasteiger partial charge on any atom is 0.300 e. The van der Waals surface area contributed by atoms with Gasteiger partial charge in [-0.1, -0.05) is 37.6 Å². The molecule has 0 aliphatic carbocycles. The molecule has 7 heteroatoms. The van der Waals surface area contributed by atoms with Crippen molar-refractivity contribution in [3.63, 3.8) is 0 Å². The molecule has 4 rings (SSSR count). The number of ether oxygens (including phenoxy) is 1. The molecule has 0 spiro atoms. The van der Waals surface area contributed by atoms with Crippen molar-refractivity contribution in [1.82, 2.24) is 4.98 Å². The van der Waals surface area contributed by atoms with Crippen molar-refractivity contribution < 1.29 is 19.4 Å². The van der Waals surface area contributed by atoms with Crippen molar-refractivity contribution >= 4 is 34.7 Å². The molecule has 2 heterocycles. The van der Waals surface area contributed by atoms with Gasteiger partial charge in [-0.25, -0.2) is 0 Å². The van der Waals surface area contributed by atoms with Gasteiger partial charge in [0.15, 0.2) is 0 Å². The number of aliphatic hydroxyl groups excluding tert-OH is 1. The van der Waals surface area contributed by atoms with Crippen molar-refractivity contribution in [3.8, 4) is 5.75 Å². The van der Waals surface area contributed by atoms with E-state index < -0.39 is 17.7 Å². The number of hydrogen-bond acceptors (Lipinski definition) is 5. The van der Waals surface area contributed by atoms with Gasteiger partial charge in [0.25, 0.3) is 11.7 Å². The van der Waals surface area contributed by atoms with Crippen LogP contribution < -0.4 is 9.64 Å². The summed E-state index contributed by atoms with van der Waals surface area (Å²) in [6.45, 7) is 4.59. The summed E-state index contributed by atoms with van der Waals surface area (Å²) in [7, 11) is 0. The number of carbonyl (C=O) groups is 2. The van der Waals surface area contributed by atoms with Gasteiger partial charge in [0, 0.05) is 28.7 Å². The van der Waals surface area contributed by atoms with Crippen LogP contribution in [-0.4, -0.2) is 28.4 Å². The van der Waals surface area contributed by atoms with E-state index in [0.29, 0.717) is 40.1 Å². The third-order valence-electron chi connectivity index (χ3n) is 5.26. The number of halogens is 1. The van der Waals surface area contributed by atoms with Gasteiger partial charge >= 0.3 is 0 Å². The van der Waals surface area contributed by atoms with Gasteiger partial charge < -0.3 is 9.84 Å². The number of pyridine rings is 1. The summed E-state index contributed by atoms with van der Waals surface area (Å²) in [4.78, 5) is 31.7. The predicted molar refractivity (Wildman–Crippen MR) is 127 cm³/mol. The summed E-state index contributed by atoms with van der Waals surface area (Å²) in [5, 5.41) is 11.7. The topological polar surface area (TPSA) is 79.7 Å². The van der Waals surface area contributed by atoms with E-state index in [1.54, 1.807) is 73.1 Å². The number of Topliss-reactive ketones (excluding diaryl/α,β-unsaturated/α-hetero) is 1. The second-order valence-corrected chi connectivity index (χ2v) is 8.60. The fourth-order valence-electron chi connectivity index (χ4n) is 3.71. The van der Waals surface area contributed by atoms with Gasteiger partial charge in [-0.05, 0) is 60.0 Å². The first-order chi connectivity index (χ1) is 15.9. The zero-order valence-corrected chi connectivity index (χ0v) is 19.0. The Hall–Kier alpha value is -3.64. The Morgan fingerprint density at radius 3 is 2.45 bits per heavy atom. The van der Waals surface area contributed by atoms with E-state index in [9.17, 15) is 14.7 Å². The molecule has 6 nitrogen and oxygen atoms in total. The zero-order chi connectivity index (χ0) is 23.5. The standard InChI is InChI=1S/C26H23ClN2O4/c1-16(2)15-33-21-5-3-4-18(14-21)24(30)22-23(17-10-12-28-13-11-17)29(26(32)25(22)31)20-8-6-19(27)7-9-20/h3-14,16,23,30H,15H2,1-2H3/b24-22-. The molecule has 1 N–H and O–H groups in total. The number of rotatable bonds is 6. The van der Waals surface area contributed by atoms with Crippen LogP contribution in [0.25, 0.3) is 5.76 Å². The van der Waals surface area contributed by atoms with Gasteiger partial charge in [-0.15, -0.1) is 0 Å². The molecule has 3 aromatic rings. The summed E-state index contributed by atoms with van der Waals surface area (Å²) in [5.74, 6) is -0.855. The molecule has 2 aromatic carbocycles. The average Bonchev–Trinajstić information content (AvgIpc) is 3.09. The minimum Gasteiger partial charge on any atom is -0.507 e. The lowest BCUT2D eigenvalue weighted by Gasteiger charge is -2.25. The van der Waals surface area contributed by atoms with Gasteiger partial charge in [-0.2, -0.15) is 0 Å². The largest absolute Gasteiger partial charge is 0.507 e. The average molecular weight is 463 g/mol. The molecule has 1 aliphatic heterocycles. The number of hydrogen-bond donors (Lipinski definition) is 1. The molecule has 0 radical (unpaired) electrons. The predicted octanol–water partition coefficient (Wildman–Crippen LogP) is 5.40. The Labute approximate surface area is 197 Å². The second kappa shape index (κ2) is 9.46. The van der Waals surface area contributed by atoms with Crippen LogP contribution in [0.1, 0.15) is 31.0 Å². The van der Waals surface area contributed by atoms with Crippen molar-refractivity contribution in [3.05, 3.63) is 94.8 Å². The number of carbonyl (C=O) groups excluding carboxylic acids is 2. The van der Waals surface area contributed by atoms with Gasteiger partial charge in [0.1, 0.15) is 11.5 Å². The number of benzene rings is 2. The molecule has 0 bridgehead atoms. The molecule has 1 unspecified atom stereocenters. The second-order valence-electron chi connectivity index (χ2n) is 8.16. The summed E-state index contributed by atoms with van der Waals surface area (Å²) < 4.78 is 5.77. The van der Waals surface area contributed by atoms with E-state index in [1.807, 2.05) is 13.8 Å². The minimum absolute atomic E-state index is 0.00200. The van der Waals surface area contributed by atoms with E-state index in [-0.39, 0.29) is 11.3 Å². The van der Waals surface area contributed by atoms with E-state index in [4.69, 9.17) is 16.3 Å². The molecule has 1 saturated heterocycles. The molecule has 1 aliphatic rings. The molecule has 0 saturated carbocycles. The highest BCUT2D eigenvalue weighted by Gasteiger charge is 2.46. The zero-order valence-electron chi connectivity index (χ0n) is 18.2. The SMILES string of the molecule is CC(C)COc1cccc(/C(O)=C2/C(=O)C(=O)N(c3ccc(Cl)cc3)C2c2ccncc2)c1. The summed E-state index contributed by atoms with van der Waals surface area (Å²) in [5.41, 5.74) is 1.54. The van der Waals surface area contributed by atoms with E-state index in [1.165, 1.54) is 4.90 Å². The number of nitrogens with zero attached hydrogens (tertiary/aromatic N) is 2. The number of amides is 1. The van der Waals surface area contributed by atoms with Crippen LogP contribution in [0.5, 0.6) is 5.75 Å². The lowest BCUT2D eigenvalue weighted by molar-refractivity contribution is -0.132. The number of aromatic nitrogens is 1.